The minimum absolute atomic E-state index is 0.300. The first-order valence-corrected chi connectivity index (χ1v) is 8.30. The second-order valence-electron chi connectivity index (χ2n) is 5.35. The van der Waals surface area contributed by atoms with Gasteiger partial charge in [0.15, 0.2) is 0 Å². The molecular weight excluding hydrogens is 350 g/mol. The first-order valence-electron chi connectivity index (χ1n) is 7.10. The maximum atomic E-state index is 12.3. The lowest BCUT2D eigenvalue weighted by atomic mass is 10.2. The number of rotatable bonds is 3. The number of thiophene rings is 1. The predicted octanol–water partition coefficient (Wildman–Crippen LogP) is 1.88. The first-order chi connectivity index (χ1) is 11.4. The maximum Gasteiger partial charge on any atom is 0.331 e. The molecule has 0 radical (unpaired) electrons. The van der Waals surface area contributed by atoms with Gasteiger partial charge in [0.05, 0.1) is 10.3 Å². The highest BCUT2D eigenvalue weighted by Gasteiger charge is 2.16. The Kier molecular flexibility index (Phi) is 4.29. The van der Waals surface area contributed by atoms with E-state index in [1.165, 1.54) is 17.7 Å². The van der Waals surface area contributed by atoms with Gasteiger partial charge in [0.25, 0.3) is 11.5 Å². The molecule has 0 atom stereocenters. The van der Waals surface area contributed by atoms with Gasteiger partial charge in [-0.3, -0.25) is 18.7 Å². The van der Waals surface area contributed by atoms with Gasteiger partial charge in [-0.2, -0.15) is 0 Å². The van der Waals surface area contributed by atoms with Crippen molar-refractivity contribution in [3.05, 3.63) is 66.6 Å². The molecule has 0 bridgehead atoms. The van der Waals surface area contributed by atoms with Gasteiger partial charge in [0, 0.05) is 25.7 Å². The van der Waals surface area contributed by atoms with Gasteiger partial charge in [0.2, 0.25) is 0 Å². The Morgan fingerprint density at radius 1 is 1.21 bits per heavy atom. The number of fused-ring (bicyclic) bond motifs is 1. The Morgan fingerprint density at radius 3 is 2.67 bits per heavy atom. The van der Waals surface area contributed by atoms with Crippen LogP contribution in [0.1, 0.15) is 15.2 Å². The number of amides is 1. The summed E-state index contributed by atoms with van der Waals surface area (Å²) in [6, 6.07) is 8.72. The van der Waals surface area contributed by atoms with Crippen molar-refractivity contribution >= 4 is 39.1 Å². The molecule has 0 aliphatic heterocycles. The molecule has 8 heteroatoms. The Morgan fingerprint density at radius 2 is 1.96 bits per heavy atom. The summed E-state index contributed by atoms with van der Waals surface area (Å²) in [7, 11) is 2.99. The van der Waals surface area contributed by atoms with Crippen LogP contribution in [0.15, 0.2) is 39.9 Å². The molecule has 0 aliphatic carbocycles. The number of nitrogens with one attached hydrogen (secondary N) is 1. The second-order valence-corrected chi connectivity index (χ2v) is 6.81. The normalized spacial score (nSPS) is 11.0. The molecule has 2 heterocycles. The van der Waals surface area contributed by atoms with Crippen LogP contribution in [0.5, 0.6) is 0 Å². The largest absolute Gasteiger partial charge is 0.347 e. The third kappa shape index (κ3) is 2.88. The van der Waals surface area contributed by atoms with Gasteiger partial charge in [-0.05, 0) is 23.8 Å². The Hall–Kier alpha value is -2.38. The van der Waals surface area contributed by atoms with Crippen molar-refractivity contribution in [3.8, 4) is 0 Å². The highest BCUT2D eigenvalue weighted by molar-refractivity contribution is 7.20. The van der Waals surface area contributed by atoms with Crippen LogP contribution >= 0.6 is 22.9 Å². The number of nitrogens with zero attached hydrogens (tertiary/aromatic N) is 2. The third-order valence-corrected chi connectivity index (χ3v) is 5.14. The molecule has 1 amide bonds. The molecule has 0 aliphatic rings. The van der Waals surface area contributed by atoms with Gasteiger partial charge < -0.3 is 5.32 Å². The maximum absolute atomic E-state index is 12.3. The van der Waals surface area contributed by atoms with E-state index in [2.05, 4.69) is 5.32 Å². The monoisotopic (exact) mass is 363 g/mol. The van der Waals surface area contributed by atoms with E-state index in [9.17, 15) is 14.4 Å². The van der Waals surface area contributed by atoms with Gasteiger partial charge in [-0.1, -0.05) is 23.7 Å². The van der Waals surface area contributed by atoms with Crippen molar-refractivity contribution in [2.24, 2.45) is 14.1 Å². The van der Waals surface area contributed by atoms with Crippen LogP contribution in [0.25, 0.3) is 10.2 Å². The summed E-state index contributed by atoms with van der Waals surface area (Å²) < 4.78 is 2.40. The minimum atomic E-state index is -0.416. The smallest absolute Gasteiger partial charge is 0.331 e. The first kappa shape index (κ1) is 16.5. The van der Waals surface area contributed by atoms with E-state index in [1.54, 1.807) is 19.2 Å². The summed E-state index contributed by atoms with van der Waals surface area (Å²) in [4.78, 5) is 37.3. The van der Waals surface area contributed by atoms with E-state index in [-0.39, 0.29) is 5.91 Å². The number of halogens is 1. The van der Waals surface area contributed by atoms with Crippen molar-refractivity contribution in [2.75, 3.05) is 0 Å². The van der Waals surface area contributed by atoms with Gasteiger partial charge >= 0.3 is 5.69 Å². The average Bonchev–Trinajstić information content (AvgIpc) is 3.01. The standard InChI is InChI=1S/C16H14ClN3O3S/c1-19-14(22)11-7-12(24-15(11)20(2)16(19)23)13(21)18-8-9-4-3-5-10(17)6-9/h3-7H,8H2,1-2H3,(H,18,21). The quantitative estimate of drug-likeness (QED) is 0.772. The Labute approximate surface area is 145 Å². The van der Waals surface area contributed by atoms with Gasteiger partial charge in [-0.15, -0.1) is 11.3 Å². The lowest BCUT2D eigenvalue weighted by Gasteiger charge is -2.04. The van der Waals surface area contributed by atoms with Crippen LogP contribution in [-0.4, -0.2) is 15.0 Å². The molecule has 0 spiro atoms. The van der Waals surface area contributed by atoms with Crippen LogP contribution in [0.3, 0.4) is 0 Å². The molecule has 24 heavy (non-hydrogen) atoms. The molecule has 124 valence electrons. The fourth-order valence-corrected chi connectivity index (χ4v) is 3.63. The van der Waals surface area contributed by atoms with Crippen LogP contribution in [0.4, 0.5) is 0 Å². The van der Waals surface area contributed by atoms with Crippen molar-refractivity contribution < 1.29 is 4.79 Å². The SMILES string of the molecule is Cn1c(=O)c2cc(C(=O)NCc3cccc(Cl)c3)sc2n(C)c1=O. The van der Waals surface area contributed by atoms with Crippen molar-refractivity contribution in [1.29, 1.82) is 0 Å². The zero-order chi connectivity index (χ0) is 17.4. The van der Waals surface area contributed by atoms with Crippen molar-refractivity contribution in [3.63, 3.8) is 0 Å². The van der Waals surface area contributed by atoms with E-state index in [0.717, 1.165) is 21.5 Å². The highest BCUT2D eigenvalue weighted by atomic mass is 35.5. The van der Waals surface area contributed by atoms with E-state index >= 15 is 0 Å². The molecule has 0 saturated heterocycles. The average molecular weight is 364 g/mol. The van der Waals surface area contributed by atoms with Crippen molar-refractivity contribution in [2.45, 2.75) is 6.54 Å². The Bertz CT molecular complexity index is 1060. The summed E-state index contributed by atoms with van der Waals surface area (Å²) in [6.45, 7) is 0.324. The molecule has 1 aromatic carbocycles. The Balaban J connectivity index is 1.91. The summed E-state index contributed by atoms with van der Waals surface area (Å²) in [6.07, 6.45) is 0. The zero-order valence-corrected chi connectivity index (χ0v) is 14.6. The van der Waals surface area contributed by atoms with E-state index in [0.29, 0.717) is 26.7 Å². The molecule has 0 saturated carbocycles. The van der Waals surface area contributed by atoms with Crippen LogP contribution in [0.2, 0.25) is 5.02 Å². The topological polar surface area (TPSA) is 73.1 Å². The predicted molar refractivity (Wildman–Crippen MR) is 94.9 cm³/mol. The third-order valence-electron chi connectivity index (χ3n) is 3.69. The minimum Gasteiger partial charge on any atom is -0.347 e. The summed E-state index contributed by atoms with van der Waals surface area (Å²) in [5, 5.41) is 3.75. The summed E-state index contributed by atoms with van der Waals surface area (Å²) >= 11 is 7.03. The van der Waals surface area contributed by atoms with E-state index in [4.69, 9.17) is 11.6 Å². The summed E-state index contributed by atoms with van der Waals surface area (Å²) in [5.74, 6) is -0.300. The van der Waals surface area contributed by atoms with Crippen LogP contribution < -0.4 is 16.6 Å². The van der Waals surface area contributed by atoms with Gasteiger partial charge in [0.1, 0.15) is 4.83 Å². The van der Waals surface area contributed by atoms with Gasteiger partial charge in [-0.25, -0.2) is 4.79 Å². The number of aromatic nitrogens is 2. The molecule has 1 N–H and O–H groups in total. The lowest BCUT2D eigenvalue weighted by molar-refractivity contribution is 0.0955. The molecule has 3 aromatic rings. The summed E-state index contributed by atoms with van der Waals surface area (Å²) in [5.41, 5.74) is 0.0544. The number of benzene rings is 1. The molecular formula is C16H14ClN3O3S. The molecule has 3 rings (SSSR count). The zero-order valence-electron chi connectivity index (χ0n) is 13.0. The number of hydrogen-bond donors (Lipinski definition) is 1. The van der Waals surface area contributed by atoms with Crippen LogP contribution in [0, 0.1) is 0 Å². The fraction of sp³-hybridized carbons (Fsp3) is 0.188. The fourth-order valence-electron chi connectivity index (χ4n) is 2.39. The van der Waals surface area contributed by atoms with Crippen LogP contribution in [-0.2, 0) is 20.6 Å². The van der Waals surface area contributed by atoms with Crippen molar-refractivity contribution in [1.82, 2.24) is 14.5 Å². The highest BCUT2D eigenvalue weighted by Crippen LogP contribution is 2.21. The van der Waals surface area contributed by atoms with E-state index < -0.39 is 11.2 Å². The molecule has 0 fully saturated rings. The number of hydrogen-bond acceptors (Lipinski definition) is 4. The molecule has 2 aromatic heterocycles. The number of aryl methyl sites for hydroxylation is 1. The molecule has 6 nitrogen and oxygen atoms in total. The lowest BCUT2D eigenvalue weighted by Crippen LogP contribution is -2.36. The number of carbonyl (C=O) groups is 1. The second kappa shape index (κ2) is 6.26. The molecule has 0 unspecified atom stereocenters. The number of carbonyl (C=O) groups excluding carboxylic acids is 1. The van der Waals surface area contributed by atoms with E-state index in [1.807, 2.05) is 12.1 Å².